The highest BCUT2D eigenvalue weighted by Gasteiger charge is 2.09. The summed E-state index contributed by atoms with van der Waals surface area (Å²) in [5, 5.41) is 2.92. The molecule has 0 saturated carbocycles. The average molecular weight is 271 g/mol. The molecule has 2 aromatic rings. The molecule has 0 aliphatic carbocycles. The maximum Gasteiger partial charge on any atom is 0.251 e. The molecule has 0 heterocycles. The molecule has 1 amide bonds. The molecule has 0 bridgehead atoms. The van der Waals surface area contributed by atoms with Crippen LogP contribution in [0.1, 0.15) is 29.3 Å². The molecule has 0 aliphatic rings. The van der Waals surface area contributed by atoms with Gasteiger partial charge in [0.05, 0.1) is 0 Å². The number of carbonyl (C=O) groups is 1. The summed E-state index contributed by atoms with van der Waals surface area (Å²) in [7, 11) is 0. The van der Waals surface area contributed by atoms with E-state index in [1.165, 1.54) is 29.8 Å². The third kappa shape index (κ3) is 4.19. The van der Waals surface area contributed by atoms with E-state index in [4.69, 9.17) is 0 Å². The Morgan fingerprint density at radius 2 is 1.75 bits per heavy atom. The van der Waals surface area contributed by atoms with E-state index >= 15 is 0 Å². The molecule has 0 aliphatic heterocycles. The monoisotopic (exact) mass is 271 g/mol. The van der Waals surface area contributed by atoms with Gasteiger partial charge in [0, 0.05) is 11.6 Å². The smallest absolute Gasteiger partial charge is 0.251 e. The zero-order chi connectivity index (χ0) is 14.4. The molecule has 3 heteroatoms. The van der Waals surface area contributed by atoms with Gasteiger partial charge in [-0.1, -0.05) is 30.3 Å². The van der Waals surface area contributed by atoms with Crippen LogP contribution >= 0.6 is 0 Å². The normalized spacial score (nSPS) is 11.9. The first-order chi connectivity index (χ1) is 9.65. The SMILES string of the molecule is C[C@@H](CCc1ccccc1)NC(=O)c1ccc(F)cc1. The highest BCUT2D eigenvalue weighted by molar-refractivity contribution is 5.94. The third-order valence-electron chi connectivity index (χ3n) is 3.19. The fraction of sp³-hybridized carbons (Fsp3) is 0.235. The summed E-state index contributed by atoms with van der Waals surface area (Å²) < 4.78 is 12.8. The van der Waals surface area contributed by atoms with Gasteiger partial charge in [0.2, 0.25) is 0 Å². The first kappa shape index (κ1) is 14.3. The standard InChI is InChI=1S/C17H18FNO/c1-13(7-8-14-5-3-2-4-6-14)19-17(20)15-9-11-16(18)12-10-15/h2-6,9-13H,7-8H2,1H3,(H,19,20)/t13-/m0/s1. The molecule has 1 atom stereocenters. The Balaban J connectivity index is 1.83. The molecule has 2 rings (SSSR count). The van der Waals surface area contributed by atoms with E-state index in [2.05, 4.69) is 17.4 Å². The minimum Gasteiger partial charge on any atom is -0.350 e. The van der Waals surface area contributed by atoms with Crippen LogP contribution < -0.4 is 5.32 Å². The second-order valence-corrected chi connectivity index (χ2v) is 4.91. The van der Waals surface area contributed by atoms with Crippen molar-refractivity contribution in [3.8, 4) is 0 Å². The molecule has 104 valence electrons. The molecule has 0 aromatic heterocycles. The van der Waals surface area contributed by atoms with E-state index < -0.39 is 0 Å². The summed E-state index contributed by atoms with van der Waals surface area (Å²) in [5.41, 5.74) is 1.74. The van der Waals surface area contributed by atoms with E-state index in [-0.39, 0.29) is 17.8 Å². The highest BCUT2D eigenvalue weighted by Crippen LogP contribution is 2.07. The summed E-state index contributed by atoms with van der Waals surface area (Å²) in [6, 6.07) is 15.8. The van der Waals surface area contributed by atoms with Crippen LogP contribution in [0.4, 0.5) is 4.39 Å². The zero-order valence-corrected chi connectivity index (χ0v) is 11.5. The third-order valence-corrected chi connectivity index (χ3v) is 3.19. The summed E-state index contributed by atoms with van der Waals surface area (Å²) in [6.07, 6.45) is 1.79. The molecule has 0 spiro atoms. The van der Waals surface area contributed by atoms with Crippen LogP contribution in [0.15, 0.2) is 54.6 Å². The summed E-state index contributed by atoms with van der Waals surface area (Å²) in [5.74, 6) is -0.496. The minimum absolute atomic E-state index is 0.0766. The quantitative estimate of drug-likeness (QED) is 0.885. The number of halogens is 1. The Morgan fingerprint density at radius 3 is 2.40 bits per heavy atom. The topological polar surface area (TPSA) is 29.1 Å². The molecule has 0 radical (unpaired) electrons. The molecule has 0 fully saturated rings. The van der Waals surface area contributed by atoms with Gasteiger partial charge < -0.3 is 5.32 Å². The molecule has 0 saturated heterocycles. The van der Waals surface area contributed by atoms with E-state index in [0.29, 0.717) is 5.56 Å². The number of rotatable bonds is 5. The van der Waals surface area contributed by atoms with Crippen molar-refractivity contribution in [1.29, 1.82) is 0 Å². The van der Waals surface area contributed by atoms with E-state index in [0.717, 1.165) is 12.8 Å². The van der Waals surface area contributed by atoms with Crippen molar-refractivity contribution < 1.29 is 9.18 Å². The number of aryl methyl sites for hydroxylation is 1. The number of carbonyl (C=O) groups excluding carboxylic acids is 1. The van der Waals surface area contributed by atoms with Gasteiger partial charge in [-0.3, -0.25) is 4.79 Å². The van der Waals surface area contributed by atoms with Gasteiger partial charge in [0.15, 0.2) is 0 Å². The molecule has 0 unspecified atom stereocenters. The van der Waals surface area contributed by atoms with Gasteiger partial charge in [-0.2, -0.15) is 0 Å². The van der Waals surface area contributed by atoms with Crippen LogP contribution in [0.2, 0.25) is 0 Å². The lowest BCUT2D eigenvalue weighted by Gasteiger charge is -2.14. The van der Waals surface area contributed by atoms with Gasteiger partial charge in [0.1, 0.15) is 5.82 Å². The van der Waals surface area contributed by atoms with Gasteiger partial charge in [-0.15, -0.1) is 0 Å². The largest absolute Gasteiger partial charge is 0.350 e. The molecular formula is C17H18FNO. The summed E-state index contributed by atoms with van der Waals surface area (Å²) in [6.45, 7) is 1.98. The minimum atomic E-state index is -0.335. The van der Waals surface area contributed by atoms with Crippen LogP contribution in [-0.4, -0.2) is 11.9 Å². The molecule has 20 heavy (non-hydrogen) atoms. The van der Waals surface area contributed by atoms with Crippen molar-refractivity contribution >= 4 is 5.91 Å². The van der Waals surface area contributed by atoms with Crippen LogP contribution in [0.3, 0.4) is 0 Å². The number of hydrogen-bond acceptors (Lipinski definition) is 1. The maximum atomic E-state index is 12.8. The Kier molecular flexibility index (Phi) is 4.88. The van der Waals surface area contributed by atoms with Crippen molar-refractivity contribution in [2.24, 2.45) is 0 Å². The van der Waals surface area contributed by atoms with E-state index in [9.17, 15) is 9.18 Å². The van der Waals surface area contributed by atoms with Gasteiger partial charge >= 0.3 is 0 Å². The first-order valence-electron chi connectivity index (χ1n) is 6.75. The van der Waals surface area contributed by atoms with Gasteiger partial charge in [-0.25, -0.2) is 4.39 Å². The number of benzene rings is 2. The lowest BCUT2D eigenvalue weighted by molar-refractivity contribution is 0.0938. The fourth-order valence-electron chi connectivity index (χ4n) is 2.01. The van der Waals surface area contributed by atoms with Crippen molar-refractivity contribution in [2.75, 3.05) is 0 Å². The van der Waals surface area contributed by atoms with Crippen molar-refractivity contribution in [1.82, 2.24) is 5.32 Å². The zero-order valence-electron chi connectivity index (χ0n) is 11.5. The van der Waals surface area contributed by atoms with Crippen LogP contribution in [0.5, 0.6) is 0 Å². The predicted octanol–water partition coefficient (Wildman–Crippen LogP) is 3.58. The number of amides is 1. The predicted molar refractivity (Wildman–Crippen MR) is 78.1 cm³/mol. The van der Waals surface area contributed by atoms with Crippen molar-refractivity contribution in [3.63, 3.8) is 0 Å². The summed E-state index contributed by atoms with van der Waals surface area (Å²) >= 11 is 0. The van der Waals surface area contributed by atoms with Crippen LogP contribution in [-0.2, 0) is 6.42 Å². The second-order valence-electron chi connectivity index (χ2n) is 4.91. The van der Waals surface area contributed by atoms with E-state index in [1.54, 1.807) is 0 Å². The number of hydrogen-bond donors (Lipinski definition) is 1. The molecule has 1 N–H and O–H groups in total. The van der Waals surface area contributed by atoms with Crippen LogP contribution in [0, 0.1) is 5.82 Å². The Labute approximate surface area is 118 Å². The van der Waals surface area contributed by atoms with Crippen molar-refractivity contribution in [2.45, 2.75) is 25.8 Å². The van der Waals surface area contributed by atoms with Crippen molar-refractivity contribution in [3.05, 3.63) is 71.5 Å². The summed E-state index contributed by atoms with van der Waals surface area (Å²) in [4.78, 5) is 11.9. The van der Waals surface area contributed by atoms with Crippen LogP contribution in [0.25, 0.3) is 0 Å². The fourth-order valence-corrected chi connectivity index (χ4v) is 2.01. The lowest BCUT2D eigenvalue weighted by atomic mass is 10.1. The van der Waals surface area contributed by atoms with Gasteiger partial charge in [-0.05, 0) is 49.6 Å². The maximum absolute atomic E-state index is 12.8. The number of nitrogens with one attached hydrogen (secondary N) is 1. The Morgan fingerprint density at radius 1 is 1.10 bits per heavy atom. The lowest BCUT2D eigenvalue weighted by Crippen LogP contribution is -2.32. The Bertz CT molecular complexity index is 551. The second kappa shape index (κ2) is 6.85. The van der Waals surface area contributed by atoms with Gasteiger partial charge in [0.25, 0.3) is 5.91 Å². The average Bonchev–Trinajstić information content (AvgIpc) is 2.47. The first-order valence-corrected chi connectivity index (χ1v) is 6.75. The Hall–Kier alpha value is -2.16. The molecule has 2 aromatic carbocycles. The highest BCUT2D eigenvalue weighted by atomic mass is 19.1. The molecule has 2 nitrogen and oxygen atoms in total. The molecular weight excluding hydrogens is 253 g/mol. The van der Waals surface area contributed by atoms with E-state index in [1.807, 2.05) is 25.1 Å².